The monoisotopic (exact) mass is 386 g/mol. The van der Waals surface area contributed by atoms with E-state index in [4.69, 9.17) is 9.47 Å². The van der Waals surface area contributed by atoms with Gasteiger partial charge >= 0.3 is 0 Å². The second-order valence-corrected chi connectivity index (χ2v) is 7.55. The van der Waals surface area contributed by atoms with Crippen LogP contribution in [0.25, 0.3) is 10.8 Å². The molecule has 2 atom stereocenters. The number of aliphatic hydroxyl groups is 1. The highest BCUT2D eigenvalue weighted by molar-refractivity contribution is 7.99. The number of fused-ring (bicyclic) bond motifs is 1. The first kappa shape index (κ1) is 18.2. The SMILES string of the molecule is O[C@H](COc1ccc2ccccc2c1)CSc1nnnn1C[C@H]1CCCO1. The van der Waals surface area contributed by atoms with Crippen molar-refractivity contribution in [1.82, 2.24) is 20.2 Å². The number of thioether (sulfide) groups is 1. The van der Waals surface area contributed by atoms with E-state index in [-0.39, 0.29) is 12.7 Å². The Morgan fingerprint density at radius 2 is 2.15 bits per heavy atom. The van der Waals surface area contributed by atoms with Crippen LogP contribution in [0.15, 0.2) is 47.6 Å². The lowest BCUT2D eigenvalue weighted by molar-refractivity contribution is 0.0911. The van der Waals surface area contributed by atoms with E-state index in [9.17, 15) is 5.11 Å². The highest BCUT2D eigenvalue weighted by Crippen LogP contribution is 2.22. The summed E-state index contributed by atoms with van der Waals surface area (Å²) < 4.78 is 13.1. The lowest BCUT2D eigenvalue weighted by Crippen LogP contribution is -2.21. The molecule has 0 radical (unpaired) electrons. The Bertz CT molecular complexity index is 882. The molecule has 0 aliphatic carbocycles. The Kier molecular flexibility index (Phi) is 5.86. The number of tetrazole rings is 1. The van der Waals surface area contributed by atoms with Gasteiger partial charge in [-0.25, -0.2) is 4.68 Å². The van der Waals surface area contributed by atoms with Crippen molar-refractivity contribution in [3.05, 3.63) is 42.5 Å². The van der Waals surface area contributed by atoms with Gasteiger partial charge in [0.2, 0.25) is 5.16 Å². The molecule has 8 heteroatoms. The molecule has 0 saturated carbocycles. The molecule has 1 aliphatic heterocycles. The van der Waals surface area contributed by atoms with Crippen molar-refractivity contribution in [3.8, 4) is 5.75 Å². The second kappa shape index (κ2) is 8.69. The molecule has 2 heterocycles. The smallest absolute Gasteiger partial charge is 0.209 e. The molecule has 1 N–H and O–H groups in total. The van der Waals surface area contributed by atoms with Gasteiger partial charge in [0.1, 0.15) is 12.4 Å². The van der Waals surface area contributed by atoms with Gasteiger partial charge in [-0.05, 0) is 46.2 Å². The van der Waals surface area contributed by atoms with E-state index in [1.807, 2.05) is 36.4 Å². The van der Waals surface area contributed by atoms with Gasteiger partial charge in [-0.1, -0.05) is 42.1 Å². The summed E-state index contributed by atoms with van der Waals surface area (Å²) in [7, 11) is 0. The highest BCUT2D eigenvalue weighted by Gasteiger charge is 2.19. The standard InChI is InChI=1S/C19H22N4O3S/c24-16(12-26-17-8-7-14-4-1-2-5-15(14)10-17)13-27-19-20-21-22-23(19)11-18-6-3-9-25-18/h1-2,4-5,7-8,10,16,18,24H,3,6,9,11-13H2/t16-,18-/m1/s1. The molecule has 0 spiro atoms. The fourth-order valence-corrected chi connectivity index (χ4v) is 3.86. The fourth-order valence-electron chi connectivity index (χ4n) is 3.06. The zero-order chi connectivity index (χ0) is 18.5. The maximum atomic E-state index is 10.2. The third-order valence-corrected chi connectivity index (χ3v) is 5.57. The van der Waals surface area contributed by atoms with Gasteiger partial charge in [0.25, 0.3) is 0 Å². The molecule has 1 saturated heterocycles. The van der Waals surface area contributed by atoms with E-state index in [2.05, 4.69) is 21.6 Å². The Balaban J connectivity index is 1.27. The van der Waals surface area contributed by atoms with Gasteiger partial charge in [-0.15, -0.1) is 5.10 Å². The maximum absolute atomic E-state index is 10.2. The van der Waals surface area contributed by atoms with E-state index in [1.54, 1.807) is 4.68 Å². The number of benzene rings is 2. The van der Waals surface area contributed by atoms with Crippen molar-refractivity contribution in [3.63, 3.8) is 0 Å². The normalized spacial score (nSPS) is 18.0. The van der Waals surface area contributed by atoms with Crippen molar-refractivity contribution in [2.45, 2.75) is 36.8 Å². The third kappa shape index (κ3) is 4.77. The molecule has 142 valence electrons. The van der Waals surface area contributed by atoms with Crippen molar-refractivity contribution in [2.24, 2.45) is 0 Å². The second-order valence-electron chi connectivity index (χ2n) is 6.56. The average Bonchev–Trinajstić information content (AvgIpc) is 3.37. The quantitative estimate of drug-likeness (QED) is 0.596. The zero-order valence-corrected chi connectivity index (χ0v) is 15.7. The Morgan fingerprint density at radius 1 is 1.26 bits per heavy atom. The number of ether oxygens (including phenoxy) is 2. The van der Waals surface area contributed by atoms with Crippen LogP contribution in [0.4, 0.5) is 0 Å². The first-order chi connectivity index (χ1) is 13.3. The molecule has 27 heavy (non-hydrogen) atoms. The number of aliphatic hydroxyl groups excluding tert-OH is 1. The molecule has 2 aromatic carbocycles. The molecule has 4 rings (SSSR count). The van der Waals surface area contributed by atoms with E-state index in [0.717, 1.165) is 30.6 Å². The van der Waals surface area contributed by atoms with Crippen LogP contribution in [0.1, 0.15) is 12.8 Å². The minimum Gasteiger partial charge on any atom is -0.491 e. The zero-order valence-electron chi connectivity index (χ0n) is 14.9. The van der Waals surface area contributed by atoms with Crippen LogP contribution < -0.4 is 4.74 Å². The summed E-state index contributed by atoms with van der Waals surface area (Å²) in [5, 5.41) is 25.0. The summed E-state index contributed by atoms with van der Waals surface area (Å²) in [6, 6.07) is 14.0. The van der Waals surface area contributed by atoms with Crippen LogP contribution in [0.5, 0.6) is 5.75 Å². The number of aromatic nitrogens is 4. The van der Waals surface area contributed by atoms with E-state index >= 15 is 0 Å². The van der Waals surface area contributed by atoms with Gasteiger partial charge in [-0.3, -0.25) is 0 Å². The van der Waals surface area contributed by atoms with Crippen molar-refractivity contribution in [2.75, 3.05) is 19.0 Å². The topological polar surface area (TPSA) is 82.3 Å². The number of rotatable bonds is 8. The van der Waals surface area contributed by atoms with Crippen molar-refractivity contribution in [1.29, 1.82) is 0 Å². The van der Waals surface area contributed by atoms with Gasteiger partial charge in [0.15, 0.2) is 0 Å². The third-order valence-electron chi connectivity index (χ3n) is 4.47. The van der Waals surface area contributed by atoms with E-state index < -0.39 is 6.10 Å². The first-order valence-electron chi connectivity index (χ1n) is 9.08. The molecule has 1 aliphatic rings. The Hall–Kier alpha value is -2.16. The van der Waals surface area contributed by atoms with Gasteiger partial charge < -0.3 is 14.6 Å². The lowest BCUT2D eigenvalue weighted by Gasteiger charge is -2.13. The number of nitrogens with zero attached hydrogens (tertiary/aromatic N) is 4. The van der Waals surface area contributed by atoms with Gasteiger partial charge in [-0.2, -0.15) is 0 Å². The Labute approximate surface area is 161 Å². The minimum atomic E-state index is -0.616. The maximum Gasteiger partial charge on any atom is 0.209 e. The first-order valence-corrected chi connectivity index (χ1v) is 10.1. The predicted molar refractivity (Wildman–Crippen MR) is 103 cm³/mol. The predicted octanol–water partition coefficient (Wildman–Crippen LogP) is 2.54. The van der Waals surface area contributed by atoms with Crippen LogP contribution in [-0.4, -0.2) is 56.5 Å². The van der Waals surface area contributed by atoms with Gasteiger partial charge in [0, 0.05) is 12.4 Å². The summed E-state index contributed by atoms with van der Waals surface area (Å²) in [6.45, 7) is 1.68. The minimum absolute atomic E-state index is 0.175. The molecule has 3 aromatic rings. The molecule has 0 unspecified atom stereocenters. The van der Waals surface area contributed by atoms with Crippen LogP contribution in [0.3, 0.4) is 0 Å². The van der Waals surface area contributed by atoms with Crippen LogP contribution in [0, 0.1) is 0 Å². The van der Waals surface area contributed by atoms with E-state index in [0.29, 0.717) is 17.5 Å². The molecular weight excluding hydrogens is 364 g/mol. The molecule has 0 amide bonds. The number of hydrogen-bond donors (Lipinski definition) is 1. The largest absolute Gasteiger partial charge is 0.491 e. The molecule has 0 bridgehead atoms. The molecular formula is C19H22N4O3S. The van der Waals surface area contributed by atoms with Gasteiger partial charge in [0.05, 0.1) is 18.8 Å². The summed E-state index contributed by atoms with van der Waals surface area (Å²) in [5.41, 5.74) is 0. The molecule has 1 aromatic heterocycles. The van der Waals surface area contributed by atoms with Crippen LogP contribution >= 0.6 is 11.8 Å². The summed E-state index contributed by atoms with van der Waals surface area (Å²) in [4.78, 5) is 0. The van der Waals surface area contributed by atoms with Crippen molar-refractivity contribution < 1.29 is 14.6 Å². The molecule has 7 nitrogen and oxygen atoms in total. The molecule has 1 fully saturated rings. The van der Waals surface area contributed by atoms with Crippen LogP contribution in [-0.2, 0) is 11.3 Å². The van der Waals surface area contributed by atoms with Crippen LogP contribution in [0.2, 0.25) is 0 Å². The van der Waals surface area contributed by atoms with Crippen molar-refractivity contribution >= 4 is 22.5 Å². The lowest BCUT2D eigenvalue weighted by atomic mass is 10.1. The summed E-state index contributed by atoms with van der Waals surface area (Å²) in [5.74, 6) is 1.21. The Morgan fingerprint density at radius 3 is 3.00 bits per heavy atom. The summed E-state index contributed by atoms with van der Waals surface area (Å²) >= 11 is 1.42. The fraction of sp³-hybridized carbons (Fsp3) is 0.421. The number of hydrogen-bond acceptors (Lipinski definition) is 7. The average molecular weight is 386 g/mol. The highest BCUT2D eigenvalue weighted by atomic mass is 32.2. The van der Waals surface area contributed by atoms with E-state index in [1.165, 1.54) is 17.1 Å². The summed E-state index contributed by atoms with van der Waals surface area (Å²) in [6.07, 6.45) is 1.68.